The van der Waals surface area contributed by atoms with E-state index >= 15 is 0 Å². The van der Waals surface area contributed by atoms with Gasteiger partial charge in [0.05, 0.1) is 6.04 Å². The Hall–Kier alpha value is -1.22. The quantitative estimate of drug-likeness (QED) is 0.348. The van der Waals surface area contributed by atoms with Crippen LogP contribution in [0.25, 0.3) is 10.4 Å². The summed E-state index contributed by atoms with van der Waals surface area (Å²) in [5, 5.41) is 13.1. The second kappa shape index (κ2) is 7.12. The number of hydrogen-bond acceptors (Lipinski definition) is 2. The van der Waals surface area contributed by atoms with Crippen LogP contribution in [-0.4, -0.2) is 11.7 Å². The molecule has 0 amide bonds. The molecular weight excluding hydrogens is 226 g/mol. The molecule has 0 spiro atoms. The first-order chi connectivity index (χ1) is 7.77. The molecule has 0 aliphatic heterocycles. The maximum Gasteiger partial charge on any atom is 0.0625 e. The van der Waals surface area contributed by atoms with Crippen molar-refractivity contribution in [3.05, 3.63) is 45.3 Å². The SMILES string of the molecule is [N-]=[N+]=NC(CCCCO)c1ccc(Cl)cc1. The minimum absolute atomic E-state index is 0.170. The van der Waals surface area contributed by atoms with E-state index in [1.165, 1.54) is 0 Å². The van der Waals surface area contributed by atoms with Gasteiger partial charge in [-0.2, -0.15) is 0 Å². The molecule has 0 fully saturated rings. The van der Waals surface area contributed by atoms with E-state index in [1.807, 2.05) is 12.1 Å². The third-order valence-corrected chi connectivity index (χ3v) is 2.58. The van der Waals surface area contributed by atoms with Crippen molar-refractivity contribution in [1.29, 1.82) is 0 Å². The van der Waals surface area contributed by atoms with Gasteiger partial charge < -0.3 is 5.11 Å². The van der Waals surface area contributed by atoms with E-state index in [0.717, 1.165) is 24.8 Å². The summed E-state index contributed by atoms with van der Waals surface area (Å²) in [5.41, 5.74) is 9.45. The molecule has 1 N–H and O–H groups in total. The van der Waals surface area contributed by atoms with Gasteiger partial charge in [-0.25, -0.2) is 0 Å². The summed E-state index contributed by atoms with van der Waals surface area (Å²) in [6.07, 6.45) is 2.31. The molecule has 4 nitrogen and oxygen atoms in total. The highest BCUT2D eigenvalue weighted by atomic mass is 35.5. The van der Waals surface area contributed by atoms with Crippen LogP contribution in [-0.2, 0) is 0 Å². The summed E-state index contributed by atoms with van der Waals surface area (Å²) in [6, 6.07) is 7.11. The van der Waals surface area contributed by atoms with Crippen molar-refractivity contribution in [1.82, 2.24) is 0 Å². The monoisotopic (exact) mass is 239 g/mol. The van der Waals surface area contributed by atoms with Crippen LogP contribution >= 0.6 is 11.6 Å². The van der Waals surface area contributed by atoms with Crippen LogP contribution < -0.4 is 0 Å². The second-order valence-corrected chi connectivity index (χ2v) is 3.93. The van der Waals surface area contributed by atoms with Crippen molar-refractivity contribution < 1.29 is 5.11 Å². The molecule has 16 heavy (non-hydrogen) atoms. The molecule has 1 rings (SSSR count). The Labute approximate surface area is 99.5 Å². The average molecular weight is 240 g/mol. The van der Waals surface area contributed by atoms with E-state index in [4.69, 9.17) is 22.2 Å². The summed E-state index contributed by atoms with van der Waals surface area (Å²) >= 11 is 5.78. The van der Waals surface area contributed by atoms with Crippen LogP contribution in [0.4, 0.5) is 0 Å². The van der Waals surface area contributed by atoms with Crippen LogP contribution in [0.3, 0.4) is 0 Å². The number of azide groups is 1. The number of unbranched alkanes of at least 4 members (excludes halogenated alkanes) is 1. The summed E-state index contributed by atoms with van der Waals surface area (Å²) < 4.78 is 0. The zero-order valence-corrected chi connectivity index (χ0v) is 9.64. The first kappa shape index (κ1) is 12.8. The Morgan fingerprint density at radius 2 is 2.00 bits per heavy atom. The number of benzene rings is 1. The molecule has 1 atom stereocenters. The summed E-state index contributed by atoms with van der Waals surface area (Å²) in [5.74, 6) is 0. The fraction of sp³-hybridized carbons (Fsp3) is 0.455. The number of aliphatic hydroxyl groups excluding tert-OH is 1. The molecule has 86 valence electrons. The van der Waals surface area contributed by atoms with Gasteiger partial charge in [0.15, 0.2) is 0 Å². The molecule has 5 heteroatoms. The zero-order valence-electron chi connectivity index (χ0n) is 8.88. The van der Waals surface area contributed by atoms with Crippen LogP contribution in [0.2, 0.25) is 5.02 Å². The molecule has 1 unspecified atom stereocenters. The lowest BCUT2D eigenvalue weighted by molar-refractivity contribution is 0.281. The molecule has 0 bridgehead atoms. The third-order valence-electron chi connectivity index (χ3n) is 2.33. The molecule has 0 heterocycles. The summed E-state index contributed by atoms with van der Waals surface area (Å²) in [7, 11) is 0. The minimum atomic E-state index is -0.172. The highest BCUT2D eigenvalue weighted by Crippen LogP contribution is 2.25. The largest absolute Gasteiger partial charge is 0.396 e. The predicted octanol–water partition coefficient (Wildman–Crippen LogP) is 3.85. The fourth-order valence-electron chi connectivity index (χ4n) is 1.49. The highest BCUT2D eigenvalue weighted by Gasteiger charge is 2.08. The van der Waals surface area contributed by atoms with Gasteiger partial charge in [0.25, 0.3) is 0 Å². The number of rotatable bonds is 6. The van der Waals surface area contributed by atoms with Crippen molar-refractivity contribution >= 4 is 11.6 Å². The number of hydrogen-bond donors (Lipinski definition) is 1. The Morgan fingerprint density at radius 3 is 2.56 bits per heavy atom. The van der Waals surface area contributed by atoms with E-state index in [1.54, 1.807) is 12.1 Å². The molecule has 0 aromatic heterocycles. The van der Waals surface area contributed by atoms with Gasteiger partial charge in [-0.1, -0.05) is 35.3 Å². The highest BCUT2D eigenvalue weighted by molar-refractivity contribution is 6.30. The predicted molar refractivity (Wildman–Crippen MR) is 64.3 cm³/mol. The minimum Gasteiger partial charge on any atom is -0.396 e. The Morgan fingerprint density at radius 1 is 1.31 bits per heavy atom. The van der Waals surface area contributed by atoms with Crippen molar-refractivity contribution in [2.75, 3.05) is 6.61 Å². The molecule has 0 aliphatic carbocycles. The van der Waals surface area contributed by atoms with Crippen LogP contribution in [0.5, 0.6) is 0 Å². The number of aliphatic hydroxyl groups is 1. The van der Waals surface area contributed by atoms with E-state index < -0.39 is 0 Å². The van der Waals surface area contributed by atoms with Gasteiger partial charge in [-0.15, -0.1) is 0 Å². The maximum atomic E-state index is 8.70. The summed E-state index contributed by atoms with van der Waals surface area (Å²) in [4.78, 5) is 2.84. The van der Waals surface area contributed by atoms with Crippen LogP contribution in [0, 0.1) is 0 Å². The Bertz CT molecular complexity index is 360. The van der Waals surface area contributed by atoms with Crippen molar-refractivity contribution in [3.8, 4) is 0 Å². The molecular formula is C11H14ClN3O. The van der Waals surface area contributed by atoms with Gasteiger partial charge in [0, 0.05) is 16.5 Å². The van der Waals surface area contributed by atoms with Crippen LogP contribution in [0.15, 0.2) is 29.4 Å². The molecule has 1 aromatic carbocycles. The van der Waals surface area contributed by atoms with E-state index in [-0.39, 0.29) is 12.6 Å². The fourth-order valence-corrected chi connectivity index (χ4v) is 1.61. The topological polar surface area (TPSA) is 69.0 Å². The first-order valence-corrected chi connectivity index (χ1v) is 5.56. The zero-order chi connectivity index (χ0) is 11.8. The van der Waals surface area contributed by atoms with Gasteiger partial charge in [-0.3, -0.25) is 0 Å². The summed E-state index contributed by atoms with van der Waals surface area (Å²) in [6.45, 7) is 0.170. The third kappa shape index (κ3) is 4.11. The lowest BCUT2D eigenvalue weighted by Crippen LogP contribution is -1.95. The van der Waals surface area contributed by atoms with Gasteiger partial charge in [0.2, 0.25) is 0 Å². The first-order valence-electron chi connectivity index (χ1n) is 5.18. The second-order valence-electron chi connectivity index (χ2n) is 3.49. The normalized spacial score (nSPS) is 11.9. The van der Waals surface area contributed by atoms with Gasteiger partial charge in [-0.05, 0) is 36.1 Å². The Kier molecular flexibility index (Phi) is 5.72. The lowest BCUT2D eigenvalue weighted by Gasteiger charge is -2.10. The van der Waals surface area contributed by atoms with E-state index in [9.17, 15) is 0 Å². The van der Waals surface area contributed by atoms with Crippen molar-refractivity contribution in [2.24, 2.45) is 5.11 Å². The van der Waals surface area contributed by atoms with E-state index in [0.29, 0.717) is 5.02 Å². The van der Waals surface area contributed by atoms with Crippen molar-refractivity contribution in [3.63, 3.8) is 0 Å². The van der Waals surface area contributed by atoms with Crippen LogP contribution in [0.1, 0.15) is 30.9 Å². The molecule has 0 aliphatic rings. The lowest BCUT2D eigenvalue weighted by atomic mass is 10.0. The van der Waals surface area contributed by atoms with Gasteiger partial charge in [0.1, 0.15) is 0 Å². The van der Waals surface area contributed by atoms with Gasteiger partial charge >= 0.3 is 0 Å². The molecule has 0 radical (unpaired) electrons. The number of halogens is 1. The molecule has 1 aromatic rings. The average Bonchev–Trinajstić information content (AvgIpc) is 2.29. The van der Waals surface area contributed by atoms with Crippen molar-refractivity contribution in [2.45, 2.75) is 25.3 Å². The molecule has 0 saturated carbocycles. The maximum absolute atomic E-state index is 8.70. The standard InChI is InChI=1S/C11H14ClN3O/c12-10-6-4-9(5-7-10)11(14-15-13)3-1-2-8-16/h4-7,11,16H,1-3,8H2. The molecule has 0 saturated heterocycles. The van der Waals surface area contributed by atoms with E-state index in [2.05, 4.69) is 10.0 Å². The Balaban J connectivity index is 2.69. The number of nitrogens with zero attached hydrogens (tertiary/aromatic N) is 3. The smallest absolute Gasteiger partial charge is 0.0625 e.